The third-order valence-corrected chi connectivity index (χ3v) is 6.17. The van der Waals surface area contributed by atoms with Gasteiger partial charge in [0.15, 0.2) is 0 Å². The Kier molecular flexibility index (Phi) is 19.9. The van der Waals surface area contributed by atoms with Crippen LogP contribution in [-0.2, 0) is 9.47 Å². The maximum absolute atomic E-state index is 12.0. The van der Waals surface area contributed by atoms with Gasteiger partial charge in [0.25, 0.3) is 0 Å². The molecule has 0 aliphatic carbocycles. The van der Waals surface area contributed by atoms with Gasteiger partial charge in [0.05, 0.1) is 35.5 Å². The van der Waals surface area contributed by atoms with E-state index in [-0.39, 0.29) is 11.9 Å². The summed E-state index contributed by atoms with van der Waals surface area (Å²) in [6, 6.07) is 6.52. The fourth-order valence-corrected chi connectivity index (χ4v) is 3.62. The number of carbonyl (C=O) groups is 2. The van der Waals surface area contributed by atoms with Crippen LogP contribution in [0.3, 0.4) is 0 Å². The molecular formula is C32H56O6. The molecule has 0 radical (unpaired) electrons. The van der Waals surface area contributed by atoms with Crippen LogP contribution < -0.4 is 0 Å². The van der Waals surface area contributed by atoms with Crippen molar-refractivity contribution in [3.8, 4) is 0 Å². The van der Waals surface area contributed by atoms with Gasteiger partial charge in [-0.1, -0.05) is 78.1 Å². The van der Waals surface area contributed by atoms with Crippen molar-refractivity contribution in [2.24, 2.45) is 0 Å². The topological polar surface area (TPSA) is 93.1 Å². The summed E-state index contributed by atoms with van der Waals surface area (Å²) in [5.41, 5.74) is -0.364. The van der Waals surface area contributed by atoms with E-state index < -0.39 is 11.2 Å². The Balaban J connectivity index is 0.00000115. The highest BCUT2D eigenvalue weighted by molar-refractivity contribution is 5.93. The van der Waals surface area contributed by atoms with Crippen molar-refractivity contribution in [1.82, 2.24) is 0 Å². The van der Waals surface area contributed by atoms with E-state index in [9.17, 15) is 19.8 Å². The molecule has 0 fully saturated rings. The standard InChI is InChI=1S/C24H38O4.C8H18O2/c1-3-5-7-9-11-13-19-27-23(25)21-15-17-22(18-16-21)24(26)28-20-14-12-10-8-6-4-2;1-7(2,9)5-6-8(3,4)10/h15-18H,3-14,19-20H2,1-2H3;9-10H,5-6H2,1-4H3. The lowest BCUT2D eigenvalue weighted by molar-refractivity contribution is 0.0169. The number of hydrogen-bond donors (Lipinski definition) is 2. The van der Waals surface area contributed by atoms with E-state index in [1.54, 1.807) is 52.0 Å². The third kappa shape index (κ3) is 22.1. The van der Waals surface area contributed by atoms with Crippen LogP contribution in [0.4, 0.5) is 0 Å². The predicted octanol–water partition coefficient (Wildman–Crippen LogP) is 8.03. The SMILES string of the molecule is CC(C)(O)CCC(C)(C)O.CCCCCCCCOC(=O)c1ccc(C(=O)OCCCCCCCC)cc1. The van der Waals surface area contributed by atoms with Gasteiger partial charge in [-0.25, -0.2) is 9.59 Å². The molecule has 0 heterocycles. The summed E-state index contributed by atoms with van der Waals surface area (Å²) in [5, 5.41) is 18.5. The van der Waals surface area contributed by atoms with Gasteiger partial charge < -0.3 is 19.7 Å². The molecule has 6 nitrogen and oxygen atoms in total. The fraction of sp³-hybridized carbons (Fsp3) is 0.750. The van der Waals surface area contributed by atoms with Crippen LogP contribution in [0, 0.1) is 0 Å². The van der Waals surface area contributed by atoms with Crippen molar-refractivity contribution in [2.75, 3.05) is 13.2 Å². The zero-order valence-corrected chi connectivity index (χ0v) is 25.2. The number of benzene rings is 1. The maximum Gasteiger partial charge on any atom is 0.338 e. The number of carbonyl (C=O) groups excluding carboxylic acids is 2. The maximum atomic E-state index is 12.0. The lowest BCUT2D eigenvalue weighted by Gasteiger charge is -2.23. The molecule has 1 aromatic carbocycles. The molecule has 0 aromatic heterocycles. The molecule has 0 spiro atoms. The summed E-state index contributed by atoms with van der Waals surface area (Å²) in [6.07, 6.45) is 15.2. The van der Waals surface area contributed by atoms with Crippen molar-refractivity contribution in [3.05, 3.63) is 35.4 Å². The molecule has 1 rings (SSSR count). The normalized spacial score (nSPS) is 11.5. The molecule has 0 saturated carbocycles. The third-order valence-electron chi connectivity index (χ3n) is 6.17. The van der Waals surface area contributed by atoms with Crippen molar-refractivity contribution >= 4 is 11.9 Å². The van der Waals surface area contributed by atoms with Gasteiger partial charge in [0, 0.05) is 0 Å². The number of ether oxygens (including phenoxy) is 2. The monoisotopic (exact) mass is 536 g/mol. The van der Waals surface area contributed by atoms with Gasteiger partial charge in [0.2, 0.25) is 0 Å². The lowest BCUT2D eigenvalue weighted by atomic mass is 9.94. The molecule has 0 aliphatic heterocycles. The highest BCUT2D eigenvalue weighted by Gasteiger charge is 2.19. The first-order chi connectivity index (χ1) is 17.9. The van der Waals surface area contributed by atoms with E-state index in [1.165, 1.54) is 51.4 Å². The second-order valence-corrected chi connectivity index (χ2v) is 11.5. The second kappa shape index (κ2) is 21.0. The molecule has 0 amide bonds. The molecule has 0 aliphatic rings. The number of esters is 2. The van der Waals surface area contributed by atoms with Crippen LogP contribution >= 0.6 is 0 Å². The van der Waals surface area contributed by atoms with E-state index >= 15 is 0 Å². The van der Waals surface area contributed by atoms with Crippen LogP contribution in [-0.4, -0.2) is 46.6 Å². The Morgan fingerprint density at radius 1 is 0.579 bits per heavy atom. The van der Waals surface area contributed by atoms with Gasteiger partial charge in [-0.2, -0.15) is 0 Å². The van der Waals surface area contributed by atoms with Crippen molar-refractivity contribution in [3.63, 3.8) is 0 Å². The van der Waals surface area contributed by atoms with Crippen LogP contribution in [0.25, 0.3) is 0 Å². The first-order valence-corrected chi connectivity index (χ1v) is 14.8. The minimum atomic E-state index is -0.653. The Bertz CT molecular complexity index is 665. The average Bonchev–Trinajstić information content (AvgIpc) is 2.86. The van der Waals surface area contributed by atoms with Crippen LogP contribution in [0.5, 0.6) is 0 Å². The van der Waals surface area contributed by atoms with Gasteiger partial charge in [-0.15, -0.1) is 0 Å². The smallest absolute Gasteiger partial charge is 0.338 e. The Hall–Kier alpha value is -1.92. The molecule has 38 heavy (non-hydrogen) atoms. The minimum absolute atomic E-state index is 0.333. The van der Waals surface area contributed by atoms with Crippen LogP contribution in [0.1, 0.15) is 152 Å². The van der Waals surface area contributed by atoms with E-state index in [0.717, 1.165) is 25.7 Å². The number of unbranched alkanes of at least 4 members (excludes halogenated alkanes) is 10. The summed E-state index contributed by atoms with van der Waals surface area (Å²) < 4.78 is 10.6. The molecule has 6 heteroatoms. The number of hydrogen-bond acceptors (Lipinski definition) is 6. The fourth-order valence-electron chi connectivity index (χ4n) is 3.62. The molecule has 2 N–H and O–H groups in total. The van der Waals surface area contributed by atoms with E-state index in [1.807, 2.05) is 0 Å². The van der Waals surface area contributed by atoms with Crippen molar-refractivity contribution < 1.29 is 29.3 Å². The van der Waals surface area contributed by atoms with E-state index in [2.05, 4.69) is 13.8 Å². The van der Waals surface area contributed by atoms with Crippen LogP contribution in [0.15, 0.2) is 24.3 Å². The van der Waals surface area contributed by atoms with Crippen molar-refractivity contribution in [2.45, 2.75) is 143 Å². The molecule has 0 atom stereocenters. The van der Waals surface area contributed by atoms with Gasteiger partial charge in [0.1, 0.15) is 0 Å². The van der Waals surface area contributed by atoms with Gasteiger partial charge >= 0.3 is 11.9 Å². The zero-order chi connectivity index (χ0) is 28.9. The lowest BCUT2D eigenvalue weighted by Crippen LogP contribution is -2.26. The molecule has 0 bridgehead atoms. The molecule has 220 valence electrons. The predicted molar refractivity (Wildman–Crippen MR) is 156 cm³/mol. The quantitative estimate of drug-likeness (QED) is 0.137. The first-order valence-electron chi connectivity index (χ1n) is 14.8. The molecule has 1 aromatic rings. The molecular weight excluding hydrogens is 480 g/mol. The Morgan fingerprint density at radius 3 is 1.16 bits per heavy atom. The summed E-state index contributed by atoms with van der Waals surface area (Å²) in [6.45, 7) is 12.3. The Labute approximate surface area is 232 Å². The summed E-state index contributed by atoms with van der Waals surface area (Å²) >= 11 is 0. The summed E-state index contributed by atoms with van der Waals surface area (Å²) in [5.74, 6) is -0.666. The van der Waals surface area contributed by atoms with E-state index in [0.29, 0.717) is 37.2 Å². The minimum Gasteiger partial charge on any atom is -0.462 e. The highest BCUT2D eigenvalue weighted by Crippen LogP contribution is 2.18. The summed E-state index contributed by atoms with van der Waals surface area (Å²) in [7, 11) is 0. The number of aliphatic hydroxyl groups is 2. The van der Waals surface area contributed by atoms with Gasteiger partial charge in [-0.3, -0.25) is 0 Å². The Morgan fingerprint density at radius 2 is 0.868 bits per heavy atom. The largest absolute Gasteiger partial charge is 0.462 e. The molecule has 0 saturated heterocycles. The van der Waals surface area contributed by atoms with E-state index in [4.69, 9.17) is 9.47 Å². The van der Waals surface area contributed by atoms with Gasteiger partial charge in [-0.05, 0) is 77.6 Å². The highest BCUT2D eigenvalue weighted by atomic mass is 16.5. The molecule has 0 unspecified atom stereocenters. The van der Waals surface area contributed by atoms with Crippen molar-refractivity contribution in [1.29, 1.82) is 0 Å². The summed E-state index contributed by atoms with van der Waals surface area (Å²) in [4.78, 5) is 24.1. The van der Waals surface area contributed by atoms with Crippen LogP contribution in [0.2, 0.25) is 0 Å². The zero-order valence-electron chi connectivity index (χ0n) is 25.2. The number of rotatable bonds is 19. The first kappa shape index (κ1) is 36.1. The average molecular weight is 537 g/mol. The second-order valence-electron chi connectivity index (χ2n) is 11.5.